The summed E-state index contributed by atoms with van der Waals surface area (Å²) in [6.45, 7) is 3.14. The van der Waals surface area contributed by atoms with E-state index in [1.807, 2.05) is 0 Å². The third-order valence-corrected chi connectivity index (χ3v) is 4.31. The summed E-state index contributed by atoms with van der Waals surface area (Å²) < 4.78 is 19.6. The third-order valence-electron chi connectivity index (χ3n) is 3.82. The summed E-state index contributed by atoms with van der Waals surface area (Å²) >= 11 is 3.18. The zero-order valence-electron chi connectivity index (χ0n) is 12.0. The number of nitrogens with two attached hydrogens (primary N) is 1. The van der Waals surface area contributed by atoms with E-state index in [1.165, 1.54) is 12.1 Å². The van der Waals surface area contributed by atoms with Gasteiger partial charge in [0, 0.05) is 23.6 Å². The molecule has 0 saturated carbocycles. The van der Waals surface area contributed by atoms with Crippen LogP contribution in [0.1, 0.15) is 19.8 Å². The zero-order chi connectivity index (χ0) is 15.4. The van der Waals surface area contributed by atoms with E-state index in [-0.39, 0.29) is 24.3 Å². The second-order valence-corrected chi connectivity index (χ2v) is 6.39. The third kappa shape index (κ3) is 4.17. The highest BCUT2D eigenvalue weighted by Crippen LogP contribution is 2.23. The number of benzene rings is 1. The lowest BCUT2D eigenvalue weighted by Gasteiger charge is -2.37. The first-order valence-corrected chi connectivity index (χ1v) is 7.88. The van der Waals surface area contributed by atoms with Crippen LogP contribution >= 0.6 is 15.9 Å². The predicted octanol–water partition coefficient (Wildman–Crippen LogP) is 2.55. The summed E-state index contributed by atoms with van der Waals surface area (Å²) in [6.07, 6.45) is 1.88. The lowest BCUT2D eigenvalue weighted by molar-refractivity contribution is -0.137. The standard InChI is InChI=1S/C15H20BrFN2O2/c1-10-4-5-19(12(6-10)8-18)15(20)9-21-14-3-2-11(16)7-13(14)17/h2-3,7,10,12H,4-6,8-9,18H2,1H3. The van der Waals surface area contributed by atoms with Gasteiger partial charge in [-0.1, -0.05) is 22.9 Å². The summed E-state index contributed by atoms with van der Waals surface area (Å²) in [7, 11) is 0. The predicted molar refractivity (Wildman–Crippen MR) is 82.5 cm³/mol. The molecule has 4 nitrogen and oxygen atoms in total. The summed E-state index contributed by atoms with van der Waals surface area (Å²) in [5.41, 5.74) is 5.74. The van der Waals surface area contributed by atoms with Crippen LogP contribution < -0.4 is 10.5 Å². The quantitative estimate of drug-likeness (QED) is 0.899. The fourth-order valence-electron chi connectivity index (χ4n) is 2.62. The van der Waals surface area contributed by atoms with Gasteiger partial charge in [-0.05, 0) is 37.0 Å². The molecule has 1 aromatic carbocycles. The van der Waals surface area contributed by atoms with Gasteiger partial charge in [0.1, 0.15) is 0 Å². The summed E-state index contributed by atoms with van der Waals surface area (Å²) in [6, 6.07) is 4.55. The van der Waals surface area contributed by atoms with Gasteiger partial charge in [-0.25, -0.2) is 4.39 Å². The molecule has 116 valence electrons. The normalized spacial score (nSPS) is 22.2. The molecule has 0 bridgehead atoms. The highest BCUT2D eigenvalue weighted by Gasteiger charge is 2.29. The molecule has 1 aliphatic rings. The minimum Gasteiger partial charge on any atom is -0.481 e. The Morgan fingerprint density at radius 2 is 2.33 bits per heavy atom. The van der Waals surface area contributed by atoms with Crippen LogP contribution in [0.4, 0.5) is 4.39 Å². The molecule has 1 aromatic rings. The Labute approximate surface area is 132 Å². The Morgan fingerprint density at radius 3 is 3.00 bits per heavy atom. The van der Waals surface area contributed by atoms with E-state index in [0.29, 0.717) is 23.5 Å². The Balaban J connectivity index is 1.94. The van der Waals surface area contributed by atoms with Crippen molar-refractivity contribution in [2.45, 2.75) is 25.8 Å². The molecule has 2 unspecified atom stereocenters. The number of piperidine rings is 1. The van der Waals surface area contributed by atoms with Gasteiger partial charge in [-0.15, -0.1) is 0 Å². The maximum absolute atomic E-state index is 13.6. The Kier molecular flexibility index (Phi) is 5.58. The number of amides is 1. The van der Waals surface area contributed by atoms with Crippen LogP contribution in [0.15, 0.2) is 22.7 Å². The molecule has 2 atom stereocenters. The number of carbonyl (C=O) groups excluding carboxylic acids is 1. The van der Waals surface area contributed by atoms with E-state index >= 15 is 0 Å². The van der Waals surface area contributed by atoms with Crippen molar-refractivity contribution in [3.8, 4) is 5.75 Å². The van der Waals surface area contributed by atoms with Gasteiger partial charge in [0.25, 0.3) is 5.91 Å². The monoisotopic (exact) mass is 358 g/mol. The number of hydrogen-bond acceptors (Lipinski definition) is 3. The van der Waals surface area contributed by atoms with Crippen LogP contribution in [-0.2, 0) is 4.79 Å². The number of ether oxygens (including phenoxy) is 1. The molecule has 1 aliphatic heterocycles. The van der Waals surface area contributed by atoms with Gasteiger partial charge < -0.3 is 15.4 Å². The van der Waals surface area contributed by atoms with Crippen molar-refractivity contribution < 1.29 is 13.9 Å². The first-order chi connectivity index (χ1) is 10.0. The molecule has 0 spiro atoms. The highest BCUT2D eigenvalue weighted by atomic mass is 79.9. The first kappa shape index (κ1) is 16.2. The molecular formula is C15H20BrFN2O2. The maximum atomic E-state index is 13.6. The van der Waals surface area contributed by atoms with E-state index in [2.05, 4.69) is 22.9 Å². The molecule has 0 aliphatic carbocycles. The van der Waals surface area contributed by atoms with Gasteiger partial charge >= 0.3 is 0 Å². The highest BCUT2D eigenvalue weighted by molar-refractivity contribution is 9.10. The summed E-state index contributed by atoms with van der Waals surface area (Å²) in [5, 5.41) is 0. The zero-order valence-corrected chi connectivity index (χ0v) is 13.6. The van der Waals surface area contributed by atoms with Crippen molar-refractivity contribution in [2.75, 3.05) is 19.7 Å². The molecule has 0 aromatic heterocycles. The lowest BCUT2D eigenvalue weighted by Crippen LogP contribution is -2.50. The number of nitrogens with zero attached hydrogens (tertiary/aromatic N) is 1. The SMILES string of the molecule is CC1CCN(C(=O)COc2ccc(Br)cc2F)C(CN)C1. The van der Waals surface area contributed by atoms with Crippen molar-refractivity contribution in [3.05, 3.63) is 28.5 Å². The van der Waals surface area contributed by atoms with Crippen LogP contribution in [0.25, 0.3) is 0 Å². The van der Waals surface area contributed by atoms with Crippen molar-refractivity contribution in [2.24, 2.45) is 11.7 Å². The van der Waals surface area contributed by atoms with Gasteiger partial charge in [-0.3, -0.25) is 4.79 Å². The van der Waals surface area contributed by atoms with Gasteiger partial charge in [0.15, 0.2) is 18.2 Å². The average Bonchev–Trinajstić information content (AvgIpc) is 2.45. The van der Waals surface area contributed by atoms with Crippen molar-refractivity contribution >= 4 is 21.8 Å². The van der Waals surface area contributed by atoms with E-state index in [0.717, 1.165) is 12.8 Å². The van der Waals surface area contributed by atoms with Crippen LogP contribution in [0.2, 0.25) is 0 Å². The number of hydrogen-bond donors (Lipinski definition) is 1. The number of rotatable bonds is 4. The number of likely N-dealkylation sites (tertiary alicyclic amines) is 1. The fourth-order valence-corrected chi connectivity index (χ4v) is 2.95. The van der Waals surface area contributed by atoms with Crippen molar-refractivity contribution in [3.63, 3.8) is 0 Å². The van der Waals surface area contributed by atoms with Crippen molar-refractivity contribution in [1.29, 1.82) is 0 Å². The maximum Gasteiger partial charge on any atom is 0.260 e. The molecule has 1 saturated heterocycles. The van der Waals surface area contributed by atoms with Gasteiger partial charge in [-0.2, -0.15) is 0 Å². The molecule has 6 heteroatoms. The number of halogens is 2. The molecular weight excluding hydrogens is 339 g/mol. The molecule has 0 radical (unpaired) electrons. The van der Waals surface area contributed by atoms with E-state index in [9.17, 15) is 9.18 Å². The van der Waals surface area contributed by atoms with E-state index in [4.69, 9.17) is 10.5 Å². The number of carbonyl (C=O) groups is 1. The molecule has 1 heterocycles. The van der Waals surface area contributed by atoms with Crippen molar-refractivity contribution in [1.82, 2.24) is 4.90 Å². The molecule has 2 rings (SSSR count). The Hall–Kier alpha value is -1.14. The van der Waals surface area contributed by atoms with Crippen LogP contribution in [0.3, 0.4) is 0 Å². The Morgan fingerprint density at radius 1 is 1.57 bits per heavy atom. The van der Waals surface area contributed by atoms with E-state index < -0.39 is 5.82 Å². The molecule has 1 fully saturated rings. The van der Waals surface area contributed by atoms with Crippen LogP contribution in [-0.4, -0.2) is 36.5 Å². The second-order valence-electron chi connectivity index (χ2n) is 5.47. The Bertz CT molecular complexity index is 512. The minimum atomic E-state index is -0.486. The van der Waals surface area contributed by atoms with Gasteiger partial charge in [0.2, 0.25) is 0 Å². The summed E-state index contributed by atoms with van der Waals surface area (Å²) in [5.74, 6) is 0.0353. The molecule has 21 heavy (non-hydrogen) atoms. The van der Waals surface area contributed by atoms with Gasteiger partial charge in [0.05, 0.1) is 0 Å². The smallest absolute Gasteiger partial charge is 0.260 e. The second kappa shape index (κ2) is 7.22. The fraction of sp³-hybridized carbons (Fsp3) is 0.533. The van der Waals surface area contributed by atoms with Crippen LogP contribution in [0, 0.1) is 11.7 Å². The first-order valence-electron chi connectivity index (χ1n) is 7.08. The topological polar surface area (TPSA) is 55.6 Å². The molecule has 2 N–H and O–H groups in total. The van der Waals surface area contributed by atoms with E-state index in [1.54, 1.807) is 11.0 Å². The summed E-state index contributed by atoms with van der Waals surface area (Å²) in [4.78, 5) is 14.0. The van der Waals surface area contributed by atoms with Crippen LogP contribution in [0.5, 0.6) is 5.75 Å². The largest absolute Gasteiger partial charge is 0.481 e. The molecule has 1 amide bonds. The lowest BCUT2D eigenvalue weighted by atomic mass is 9.92. The average molecular weight is 359 g/mol. The minimum absolute atomic E-state index is 0.0552.